The van der Waals surface area contributed by atoms with Crippen molar-refractivity contribution < 1.29 is 18.7 Å². The minimum absolute atomic E-state index is 0.0415. The number of aromatic nitrogens is 2. The number of nitrogens with zero attached hydrogens (tertiary/aromatic N) is 2. The van der Waals surface area contributed by atoms with Crippen molar-refractivity contribution in [1.82, 2.24) is 15.3 Å². The summed E-state index contributed by atoms with van der Waals surface area (Å²) < 4.78 is 24.4. The first kappa shape index (κ1) is 20.1. The van der Waals surface area contributed by atoms with E-state index in [9.17, 15) is 9.18 Å². The van der Waals surface area contributed by atoms with E-state index in [0.717, 1.165) is 48.8 Å². The van der Waals surface area contributed by atoms with Crippen molar-refractivity contribution in [3.63, 3.8) is 0 Å². The molecule has 0 saturated heterocycles. The Hall–Kier alpha value is -3.22. The molecule has 6 nitrogen and oxygen atoms in total. The summed E-state index contributed by atoms with van der Waals surface area (Å²) in [6.45, 7) is 2.40. The maximum Gasteiger partial charge on any atom is 0.316 e. The van der Waals surface area contributed by atoms with Crippen LogP contribution in [-0.2, 0) is 0 Å². The van der Waals surface area contributed by atoms with Crippen molar-refractivity contribution in [2.24, 2.45) is 0 Å². The van der Waals surface area contributed by atoms with Gasteiger partial charge in [0, 0.05) is 6.04 Å². The number of rotatable bonds is 6. The first-order chi connectivity index (χ1) is 14.6. The Kier molecular flexibility index (Phi) is 6.07. The minimum Gasteiger partial charge on any atom is -0.493 e. The lowest BCUT2D eigenvalue weighted by Crippen LogP contribution is -2.40. The summed E-state index contributed by atoms with van der Waals surface area (Å²) in [7, 11) is 0. The largest absolute Gasteiger partial charge is 0.493 e. The second kappa shape index (κ2) is 9.07. The van der Waals surface area contributed by atoms with Gasteiger partial charge in [0.05, 0.1) is 24.6 Å². The van der Waals surface area contributed by atoms with Crippen LogP contribution in [0.15, 0.2) is 48.8 Å². The molecule has 1 aliphatic rings. The van der Waals surface area contributed by atoms with Gasteiger partial charge in [-0.05, 0) is 49.4 Å². The van der Waals surface area contributed by atoms with E-state index in [2.05, 4.69) is 15.3 Å². The molecule has 3 aromatic rings. The quantitative estimate of drug-likeness (QED) is 0.658. The highest BCUT2D eigenvalue weighted by atomic mass is 19.1. The smallest absolute Gasteiger partial charge is 0.316 e. The number of nitrogens with one attached hydrogen (secondary N) is 1. The van der Waals surface area contributed by atoms with E-state index in [1.165, 1.54) is 0 Å². The van der Waals surface area contributed by atoms with Gasteiger partial charge in [-0.2, -0.15) is 0 Å². The number of hydrogen-bond donors (Lipinski definition) is 1. The average Bonchev–Trinajstić information content (AvgIpc) is 2.76. The van der Waals surface area contributed by atoms with Crippen LogP contribution in [0.1, 0.15) is 43.0 Å². The molecule has 30 heavy (non-hydrogen) atoms. The van der Waals surface area contributed by atoms with Gasteiger partial charge < -0.3 is 14.8 Å². The molecular weight excluding hydrogens is 385 g/mol. The summed E-state index contributed by atoms with van der Waals surface area (Å²) in [5.41, 5.74) is 0.577. The normalized spacial score (nSPS) is 18.7. The van der Waals surface area contributed by atoms with Crippen LogP contribution in [0.4, 0.5) is 4.39 Å². The van der Waals surface area contributed by atoms with E-state index in [1.54, 1.807) is 0 Å². The molecule has 2 aromatic carbocycles. The monoisotopic (exact) mass is 409 g/mol. The molecule has 1 N–H and O–H groups in total. The number of ether oxygens (including phenoxy) is 2. The lowest BCUT2D eigenvalue weighted by atomic mass is 9.92. The molecule has 1 fully saturated rings. The molecule has 0 atom stereocenters. The van der Waals surface area contributed by atoms with E-state index in [0.29, 0.717) is 17.9 Å². The third-order valence-electron chi connectivity index (χ3n) is 5.30. The number of carbonyl (C=O) groups is 1. The molecule has 7 heteroatoms. The number of benzene rings is 2. The van der Waals surface area contributed by atoms with Gasteiger partial charge in [0.1, 0.15) is 11.9 Å². The molecule has 0 spiro atoms. The summed E-state index contributed by atoms with van der Waals surface area (Å²) in [5, 5.41) is 5.05. The van der Waals surface area contributed by atoms with Gasteiger partial charge in [0.15, 0.2) is 5.82 Å². The molecule has 1 saturated carbocycles. The van der Waals surface area contributed by atoms with Crippen LogP contribution in [0.2, 0.25) is 0 Å². The van der Waals surface area contributed by atoms with Gasteiger partial charge in [0.25, 0.3) is 5.91 Å². The predicted molar refractivity (Wildman–Crippen MR) is 111 cm³/mol. The number of amides is 1. The number of fused-ring (bicyclic) bond motifs is 1. The number of carbonyl (C=O) groups excluding carboxylic acids is 1. The van der Waals surface area contributed by atoms with Crippen LogP contribution in [0.25, 0.3) is 10.8 Å². The maximum atomic E-state index is 13.1. The average molecular weight is 409 g/mol. The zero-order chi connectivity index (χ0) is 20.9. The fourth-order valence-electron chi connectivity index (χ4n) is 3.85. The molecule has 1 aromatic heterocycles. The molecule has 0 unspecified atom stereocenters. The third-order valence-corrected chi connectivity index (χ3v) is 5.30. The Morgan fingerprint density at radius 1 is 1.10 bits per heavy atom. The van der Waals surface area contributed by atoms with Crippen molar-refractivity contribution in [2.75, 3.05) is 6.61 Å². The molecule has 0 bridgehead atoms. The van der Waals surface area contributed by atoms with Crippen molar-refractivity contribution in [3.05, 3.63) is 60.2 Å². The minimum atomic E-state index is -0.492. The highest BCUT2D eigenvalue weighted by molar-refractivity contribution is 6.09. The summed E-state index contributed by atoms with van der Waals surface area (Å²) in [6.07, 6.45) is 5.24. The van der Waals surface area contributed by atoms with Crippen LogP contribution in [0.3, 0.4) is 0 Å². The Morgan fingerprint density at radius 3 is 2.57 bits per heavy atom. The Bertz CT molecular complexity index is 1020. The molecule has 0 radical (unpaired) electrons. The second-order valence-electron chi connectivity index (χ2n) is 7.34. The highest BCUT2D eigenvalue weighted by Crippen LogP contribution is 2.29. The van der Waals surface area contributed by atoms with Gasteiger partial charge in [-0.3, -0.25) is 4.79 Å². The van der Waals surface area contributed by atoms with Gasteiger partial charge in [0.2, 0.25) is 0 Å². The number of halogens is 1. The SMILES string of the molecule is CCOc1ccc2ccccc2c1C(=O)NC1CCC(Oc2ncc(F)cn2)CC1. The molecule has 156 valence electrons. The molecule has 1 amide bonds. The first-order valence-electron chi connectivity index (χ1n) is 10.2. The van der Waals surface area contributed by atoms with Gasteiger partial charge in [-0.15, -0.1) is 0 Å². The molecule has 1 aliphatic carbocycles. The molecule has 4 rings (SSSR count). The van der Waals surface area contributed by atoms with E-state index >= 15 is 0 Å². The molecule has 1 heterocycles. The highest BCUT2D eigenvalue weighted by Gasteiger charge is 2.26. The second-order valence-corrected chi connectivity index (χ2v) is 7.34. The van der Waals surface area contributed by atoms with Crippen LogP contribution in [0, 0.1) is 5.82 Å². The Labute approximate surface area is 174 Å². The zero-order valence-electron chi connectivity index (χ0n) is 16.8. The molecule has 0 aliphatic heterocycles. The summed E-state index contributed by atoms with van der Waals surface area (Å²) >= 11 is 0. The van der Waals surface area contributed by atoms with Crippen LogP contribution in [0.5, 0.6) is 11.8 Å². The van der Waals surface area contributed by atoms with E-state index in [1.807, 2.05) is 43.3 Å². The lowest BCUT2D eigenvalue weighted by Gasteiger charge is -2.29. The Balaban J connectivity index is 1.41. The fraction of sp³-hybridized carbons (Fsp3) is 0.348. The van der Waals surface area contributed by atoms with Crippen molar-refractivity contribution in [2.45, 2.75) is 44.8 Å². The van der Waals surface area contributed by atoms with Crippen molar-refractivity contribution >= 4 is 16.7 Å². The van der Waals surface area contributed by atoms with E-state index in [4.69, 9.17) is 9.47 Å². The third kappa shape index (κ3) is 4.50. The molecular formula is C23H24FN3O3. The van der Waals surface area contributed by atoms with Gasteiger partial charge in [-0.1, -0.05) is 30.3 Å². The lowest BCUT2D eigenvalue weighted by molar-refractivity contribution is 0.0883. The van der Waals surface area contributed by atoms with E-state index in [-0.39, 0.29) is 24.1 Å². The van der Waals surface area contributed by atoms with Crippen LogP contribution in [-0.4, -0.2) is 34.6 Å². The summed E-state index contributed by atoms with van der Waals surface area (Å²) in [5.74, 6) is -0.0192. The summed E-state index contributed by atoms with van der Waals surface area (Å²) in [4.78, 5) is 20.8. The zero-order valence-corrected chi connectivity index (χ0v) is 16.8. The van der Waals surface area contributed by atoms with Crippen molar-refractivity contribution in [3.8, 4) is 11.8 Å². The van der Waals surface area contributed by atoms with Crippen LogP contribution < -0.4 is 14.8 Å². The van der Waals surface area contributed by atoms with Crippen LogP contribution >= 0.6 is 0 Å². The van der Waals surface area contributed by atoms with Crippen molar-refractivity contribution in [1.29, 1.82) is 0 Å². The predicted octanol–water partition coefficient (Wildman–Crippen LogP) is 4.29. The maximum absolute atomic E-state index is 13.1. The topological polar surface area (TPSA) is 73.3 Å². The van der Waals surface area contributed by atoms with E-state index < -0.39 is 5.82 Å². The van der Waals surface area contributed by atoms with Gasteiger partial charge in [-0.25, -0.2) is 14.4 Å². The standard InChI is InChI=1S/C23H24FN3O3/c1-2-29-20-12-7-15-5-3-4-6-19(15)21(20)22(28)27-17-8-10-18(11-9-17)30-23-25-13-16(24)14-26-23/h3-7,12-14,17-18H,2,8-11H2,1H3,(H,27,28). The fourth-order valence-corrected chi connectivity index (χ4v) is 3.85. The summed E-state index contributed by atoms with van der Waals surface area (Å²) in [6, 6.07) is 11.9. The van der Waals surface area contributed by atoms with Gasteiger partial charge >= 0.3 is 6.01 Å². The Morgan fingerprint density at radius 2 is 1.83 bits per heavy atom. The first-order valence-corrected chi connectivity index (χ1v) is 10.2. The number of hydrogen-bond acceptors (Lipinski definition) is 5.